The highest BCUT2D eigenvalue weighted by molar-refractivity contribution is 5.89. The molecule has 0 saturated carbocycles. The summed E-state index contributed by atoms with van der Waals surface area (Å²) in [6, 6.07) is 0.269. The lowest BCUT2D eigenvalue weighted by Gasteiger charge is -2.37. The summed E-state index contributed by atoms with van der Waals surface area (Å²) in [6.45, 7) is 12.9. The molecule has 1 rings (SSSR count). The van der Waals surface area contributed by atoms with E-state index in [9.17, 15) is 9.59 Å². The maximum Gasteiger partial charge on any atom is 0.408 e. The maximum atomic E-state index is 12.5. The Balaban J connectivity index is 2.62. The van der Waals surface area contributed by atoms with Crippen molar-refractivity contribution < 1.29 is 14.3 Å². The number of carbonyl (C=O) groups excluding carboxylic acids is 2. The monoisotopic (exact) mass is 285 g/mol. The summed E-state index contributed by atoms with van der Waals surface area (Å²) in [6.07, 6.45) is -0.570. The van der Waals surface area contributed by atoms with Crippen molar-refractivity contribution in [1.82, 2.24) is 15.5 Å². The molecule has 6 heteroatoms. The van der Waals surface area contributed by atoms with E-state index in [-0.39, 0.29) is 11.9 Å². The SMILES string of the molecule is C[C@H]1CN(C(=O)C(C)(C)NC(=O)OC(C)(C)C)CCN1. The molecule has 2 amide bonds. The van der Waals surface area contributed by atoms with Crippen LogP contribution in [0.3, 0.4) is 0 Å². The number of nitrogens with one attached hydrogen (secondary N) is 2. The molecule has 20 heavy (non-hydrogen) atoms. The summed E-state index contributed by atoms with van der Waals surface area (Å²) in [7, 11) is 0. The molecular formula is C14H27N3O3. The minimum absolute atomic E-state index is 0.0864. The number of hydrogen-bond donors (Lipinski definition) is 2. The molecule has 0 aliphatic carbocycles. The largest absolute Gasteiger partial charge is 0.444 e. The molecular weight excluding hydrogens is 258 g/mol. The Labute approximate surface area is 121 Å². The molecule has 1 fully saturated rings. The van der Waals surface area contributed by atoms with E-state index in [1.54, 1.807) is 39.5 Å². The predicted octanol–water partition coefficient (Wildman–Crippen LogP) is 1.11. The lowest BCUT2D eigenvalue weighted by molar-refractivity contribution is -0.138. The lowest BCUT2D eigenvalue weighted by Crippen LogP contribution is -2.61. The third-order valence-corrected chi connectivity index (χ3v) is 3.00. The molecule has 0 spiro atoms. The second kappa shape index (κ2) is 5.99. The molecule has 2 N–H and O–H groups in total. The number of rotatable bonds is 2. The van der Waals surface area contributed by atoms with E-state index in [1.165, 1.54) is 0 Å². The second-order valence-electron chi connectivity index (χ2n) is 6.86. The standard InChI is InChI=1S/C14H27N3O3/c1-10-9-17(8-7-15-10)11(18)14(5,6)16-12(19)20-13(2,3)4/h10,15H,7-9H2,1-6H3,(H,16,19)/t10-/m0/s1. The van der Waals surface area contributed by atoms with Gasteiger partial charge in [-0.25, -0.2) is 4.79 Å². The first-order chi connectivity index (χ1) is 9.01. The zero-order chi connectivity index (χ0) is 15.6. The van der Waals surface area contributed by atoms with Crippen LogP contribution in [0.5, 0.6) is 0 Å². The van der Waals surface area contributed by atoms with Crippen molar-refractivity contribution >= 4 is 12.0 Å². The van der Waals surface area contributed by atoms with Gasteiger partial charge in [-0.15, -0.1) is 0 Å². The zero-order valence-electron chi connectivity index (χ0n) is 13.4. The average molecular weight is 285 g/mol. The van der Waals surface area contributed by atoms with E-state index >= 15 is 0 Å². The Morgan fingerprint density at radius 1 is 1.25 bits per heavy atom. The molecule has 116 valence electrons. The van der Waals surface area contributed by atoms with Crippen molar-refractivity contribution in [2.45, 2.75) is 58.7 Å². The van der Waals surface area contributed by atoms with E-state index in [1.807, 2.05) is 6.92 Å². The number of alkyl carbamates (subject to hydrolysis) is 1. The molecule has 1 atom stereocenters. The van der Waals surface area contributed by atoms with Crippen molar-refractivity contribution in [3.8, 4) is 0 Å². The van der Waals surface area contributed by atoms with Gasteiger partial charge >= 0.3 is 6.09 Å². The minimum atomic E-state index is -0.973. The van der Waals surface area contributed by atoms with Gasteiger partial charge in [-0.2, -0.15) is 0 Å². The van der Waals surface area contributed by atoms with Crippen LogP contribution in [0.2, 0.25) is 0 Å². The van der Waals surface area contributed by atoms with Gasteiger partial charge in [-0.3, -0.25) is 4.79 Å². The van der Waals surface area contributed by atoms with Crippen LogP contribution in [0.25, 0.3) is 0 Å². The van der Waals surface area contributed by atoms with Crippen molar-refractivity contribution in [2.75, 3.05) is 19.6 Å². The van der Waals surface area contributed by atoms with Gasteiger partial charge in [0, 0.05) is 25.7 Å². The topological polar surface area (TPSA) is 70.7 Å². The molecule has 6 nitrogen and oxygen atoms in total. The van der Waals surface area contributed by atoms with Gasteiger partial charge < -0.3 is 20.3 Å². The molecule has 1 aliphatic rings. The summed E-state index contributed by atoms with van der Waals surface area (Å²) in [5.74, 6) is -0.0864. The number of carbonyl (C=O) groups is 2. The summed E-state index contributed by atoms with van der Waals surface area (Å²) < 4.78 is 5.20. The van der Waals surface area contributed by atoms with Gasteiger partial charge in [0.15, 0.2) is 0 Å². The molecule has 1 heterocycles. The van der Waals surface area contributed by atoms with E-state index < -0.39 is 17.2 Å². The molecule has 0 unspecified atom stereocenters. The van der Waals surface area contributed by atoms with Crippen LogP contribution in [-0.2, 0) is 9.53 Å². The highest BCUT2D eigenvalue weighted by atomic mass is 16.6. The van der Waals surface area contributed by atoms with Crippen LogP contribution in [0, 0.1) is 0 Å². The molecule has 1 aliphatic heterocycles. The Morgan fingerprint density at radius 2 is 1.85 bits per heavy atom. The quantitative estimate of drug-likeness (QED) is 0.797. The van der Waals surface area contributed by atoms with E-state index in [4.69, 9.17) is 4.74 Å². The van der Waals surface area contributed by atoms with Crippen molar-refractivity contribution in [2.24, 2.45) is 0 Å². The number of nitrogens with zero attached hydrogens (tertiary/aromatic N) is 1. The van der Waals surface area contributed by atoms with E-state index in [0.29, 0.717) is 13.1 Å². The van der Waals surface area contributed by atoms with Crippen LogP contribution in [0.15, 0.2) is 0 Å². The van der Waals surface area contributed by atoms with Gasteiger partial charge in [-0.05, 0) is 41.5 Å². The van der Waals surface area contributed by atoms with Gasteiger partial charge in [0.25, 0.3) is 0 Å². The van der Waals surface area contributed by atoms with Crippen molar-refractivity contribution in [3.05, 3.63) is 0 Å². The third kappa shape index (κ3) is 5.00. The third-order valence-electron chi connectivity index (χ3n) is 3.00. The maximum absolute atomic E-state index is 12.5. The molecule has 1 saturated heterocycles. The normalized spacial score (nSPS) is 20.5. The van der Waals surface area contributed by atoms with Crippen LogP contribution < -0.4 is 10.6 Å². The van der Waals surface area contributed by atoms with E-state index in [2.05, 4.69) is 10.6 Å². The second-order valence-corrected chi connectivity index (χ2v) is 6.86. The first-order valence-electron chi connectivity index (χ1n) is 7.05. The highest BCUT2D eigenvalue weighted by Crippen LogP contribution is 2.13. The molecule has 0 radical (unpaired) electrons. The number of ether oxygens (including phenoxy) is 1. The van der Waals surface area contributed by atoms with Crippen LogP contribution >= 0.6 is 0 Å². The van der Waals surface area contributed by atoms with Crippen LogP contribution in [0.4, 0.5) is 4.79 Å². The summed E-state index contributed by atoms with van der Waals surface area (Å²) in [5, 5.41) is 5.94. The van der Waals surface area contributed by atoms with Crippen molar-refractivity contribution in [1.29, 1.82) is 0 Å². The molecule has 0 aromatic heterocycles. The number of amides is 2. The molecule has 0 aromatic rings. The molecule has 0 bridgehead atoms. The van der Waals surface area contributed by atoms with Gasteiger partial charge in [0.1, 0.15) is 11.1 Å². The first-order valence-corrected chi connectivity index (χ1v) is 7.05. The highest BCUT2D eigenvalue weighted by Gasteiger charge is 2.36. The lowest BCUT2D eigenvalue weighted by atomic mass is 10.0. The summed E-state index contributed by atoms with van der Waals surface area (Å²) >= 11 is 0. The number of piperazine rings is 1. The summed E-state index contributed by atoms with van der Waals surface area (Å²) in [4.78, 5) is 26.1. The Hall–Kier alpha value is -1.30. The van der Waals surface area contributed by atoms with Gasteiger partial charge in [0.05, 0.1) is 0 Å². The zero-order valence-corrected chi connectivity index (χ0v) is 13.4. The predicted molar refractivity (Wildman–Crippen MR) is 77.5 cm³/mol. The van der Waals surface area contributed by atoms with Gasteiger partial charge in [-0.1, -0.05) is 0 Å². The fourth-order valence-corrected chi connectivity index (χ4v) is 2.12. The minimum Gasteiger partial charge on any atom is -0.444 e. The summed E-state index contributed by atoms with van der Waals surface area (Å²) in [5.41, 5.74) is -1.55. The first kappa shape index (κ1) is 16.8. The average Bonchev–Trinajstić information content (AvgIpc) is 2.24. The van der Waals surface area contributed by atoms with Gasteiger partial charge in [0.2, 0.25) is 5.91 Å². The van der Waals surface area contributed by atoms with Crippen LogP contribution in [0.1, 0.15) is 41.5 Å². The fraction of sp³-hybridized carbons (Fsp3) is 0.857. The fourth-order valence-electron chi connectivity index (χ4n) is 2.12. The van der Waals surface area contributed by atoms with Crippen LogP contribution in [-0.4, -0.2) is 53.7 Å². The van der Waals surface area contributed by atoms with Crippen molar-refractivity contribution in [3.63, 3.8) is 0 Å². The van der Waals surface area contributed by atoms with E-state index in [0.717, 1.165) is 6.54 Å². The number of hydrogen-bond acceptors (Lipinski definition) is 4. The Bertz CT molecular complexity index is 374. The smallest absolute Gasteiger partial charge is 0.408 e. The Kier molecular flexibility index (Phi) is 5.02. The Morgan fingerprint density at radius 3 is 2.35 bits per heavy atom. The molecule has 0 aromatic carbocycles.